The van der Waals surface area contributed by atoms with Crippen LogP contribution in [-0.2, 0) is 0 Å². The van der Waals surface area contributed by atoms with Crippen LogP contribution < -0.4 is 11.4 Å². The minimum absolute atomic E-state index is 0.00838. The summed E-state index contributed by atoms with van der Waals surface area (Å²) >= 11 is 0. The number of carbonyl (C=O) groups is 1. The van der Waals surface area contributed by atoms with Crippen molar-refractivity contribution in [3.63, 3.8) is 0 Å². The maximum absolute atomic E-state index is 12.6. The Morgan fingerprint density at radius 1 is 1.22 bits per heavy atom. The molecule has 138 valence electrons. The van der Waals surface area contributed by atoms with Gasteiger partial charge in [-0.2, -0.15) is 5.10 Å². The van der Waals surface area contributed by atoms with E-state index in [1.165, 1.54) is 18.2 Å². The molecule has 0 saturated heterocycles. The third-order valence-electron chi connectivity index (χ3n) is 4.47. The first-order chi connectivity index (χ1) is 13.0. The van der Waals surface area contributed by atoms with Crippen molar-refractivity contribution in [2.75, 3.05) is 0 Å². The van der Waals surface area contributed by atoms with Crippen LogP contribution in [0.4, 0.5) is 0 Å². The number of fused-ring (bicyclic) bond motifs is 2. The highest BCUT2D eigenvalue weighted by atomic mass is 16.4. The molecule has 1 atom stereocenters. The quantitative estimate of drug-likeness (QED) is 0.509. The molecule has 0 amide bonds. The summed E-state index contributed by atoms with van der Waals surface area (Å²) in [6, 6.07) is 16.3. The molecule has 7 nitrogen and oxygen atoms in total. The Labute approximate surface area is 155 Å². The number of benzene rings is 2. The highest BCUT2D eigenvalue weighted by molar-refractivity contribution is 6.00. The fourth-order valence-corrected chi connectivity index (χ4v) is 3.04. The first kappa shape index (κ1) is 18.3. The Balaban J connectivity index is 0.000000299. The van der Waals surface area contributed by atoms with Gasteiger partial charge in [0.1, 0.15) is 5.71 Å². The Bertz CT molecular complexity index is 1030. The topological polar surface area (TPSA) is 111 Å². The van der Waals surface area contributed by atoms with Crippen molar-refractivity contribution in [2.45, 2.75) is 25.8 Å². The molecule has 7 heteroatoms. The van der Waals surface area contributed by atoms with Gasteiger partial charge in [0.2, 0.25) is 0 Å². The smallest absolute Gasteiger partial charge is 0.335 e. The predicted molar refractivity (Wildman–Crippen MR) is 104 cm³/mol. The van der Waals surface area contributed by atoms with Crippen LogP contribution in [0.15, 0.2) is 64.5 Å². The number of carboxylic acids is 1. The van der Waals surface area contributed by atoms with E-state index in [1.54, 1.807) is 4.57 Å². The average Bonchev–Trinajstić information content (AvgIpc) is 2.69. The number of hydrogen-bond acceptors (Lipinski definition) is 5. The molecule has 27 heavy (non-hydrogen) atoms. The standard InChI is InChI=1S/C14H14N4O3.C6H6/c1-7-2-5-10(17-15)12-16-11-6-8(14(20)21)3-4-9(11)13(19)18(7)12;1-2-4-6-5-3-1/h3-4,6-7H,2,5,15H2,1H3,(H,20,21);1-6H. The Hall–Kier alpha value is -3.48. The van der Waals surface area contributed by atoms with Crippen LogP contribution in [0.5, 0.6) is 0 Å². The summed E-state index contributed by atoms with van der Waals surface area (Å²) in [7, 11) is 0. The highest BCUT2D eigenvalue weighted by Gasteiger charge is 2.25. The molecule has 4 rings (SSSR count). The number of rotatable bonds is 1. The lowest BCUT2D eigenvalue weighted by molar-refractivity contribution is 0.0697. The Morgan fingerprint density at radius 2 is 1.85 bits per heavy atom. The zero-order chi connectivity index (χ0) is 19.4. The second kappa shape index (κ2) is 7.82. The van der Waals surface area contributed by atoms with Crippen LogP contribution in [0.1, 0.15) is 42.0 Å². The average molecular weight is 364 g/mol. The van der Waals surface area contributed by atoms with Gasteiger partial charge in [-0.3, -0.25) is 9.36 Å². The van der Waals surface area contributed by atoms with E-state index in [-0.39, 0.29) is 17.2 Å². The van der Waals surface area contributed by atoms with Gasteiger partial charge in [-0.15, -0.1) is 0 Å². The molecule has 3 N–H and O–H groups in total. The molecule has 0 bridgehead atoms. The predicted octanol–water partition coefficient (Wildman–Crippen LogP) is 2.80. The van der Waals surface area contributed by atoms with E-state index >= 15 is 0 Å². The van der Waals surface area contributed by atoms with E-state index in [2.05, 4.69) is 10.1 Å². The minimum Gasteiger partial charge on any atom is -0.478 e. The second-order valence-corrected chi connectivity index (χ2v) is 6.27. The summed E-state index contributed by atoms with van der Waals surface area (Å²) in [5.74, 6) is 4.74. The van der Waals surface area contributed by atoms with Gasteiger partial charge >= 0.3 is 5.97 Å². The molecule has 1 aliphatic heterocycles. The third-order valence-corrected chi connectivity index (χ3v) is 4.47. The lowest BCUT2D eigenvalue weighted by Crippen LogP contribution is -2.34. The van der Waals surface area contributed by atoms with Gasteiger partial charge < -0.3 is 10.9 Å². The summed E-state index contributed by atoms with van der Waals surface area (Å²) in [5.41, 5.74) is 0.809. The number of hydrazone groups is 1. The van der Waals surface area contributed by atoms with Crippen LogP contribution in [0, 0.1) is 0 Å². The van der Waals surface area contributed by atoms with Crippen LogP contribution in [-0.4, -0.2) is 26.3 Å². The van der Waals surface area contributed by atoms with Gasteiger partial charge in [0.15, 0.2) is 5.82 Å². The zero-order valence-corrected chi connectivity index (χ0v) is 14.9. The first-order valence-corrected chi connectivity index (χ1v) is 8.59. The molecule has 2 aromatic carbocycles. The molecule has 0 radical (unpaired) electrons. The van der Waals surface area contributed by atoms with Gasteiger partial charge in [0.25, 0.3) is 5.56 Å². The summed E-state index contributed by atoms with van der Waals surface area (Å²) in [4.78, 5) is 28.1. The molecule has 0 saturated carbocycles. The van der Waals surface area contributed by atoms with Gasteiger partial charge in [-0.25, -0.2) is 9.78 Å². The van der Waals surface area contributed by atoms with Crippen molar-refractivity contribution in [3.05, 3.63) is 76.3 Å². The minimum atomic E-state index is -1.06. The van der Waals surface area contributed by atoms with E-state index in [0.29, 0.717) is 28.9 Å². The monoisotopic (exact) mass is 364 g/mol. The van der Waals surface area contributed by atoms with Gasteiger partial charge in [-0.1, -0.05) is 36.4 Å². The van der Waals surface area contributed by atoms with Gasteiger partial charge in [0, 0.05) is 6.04 Å². The van der Waals surface area contributed by atoms with Crippen LogP contribution in [0.3, 0.4) is 0 Å². The number of nitrogens with zero attached hydrogens (tertiary/aromatic N) is 3. The molecular formula is C20H20N4O3. The molecule has 0 aliphatic carbocycles. The molecular weight excluding hydrogens is 344 g/mol. The SMILES string of the molecule is CC1CCC(=NN)c2nc3cc(C(=O)O)ccc3c(=O)n21.c1ccccc1. The van der Waals surface area contributed by atoms with Crippen LogP contribution in [0.2, 0.25) is 0 Å². The number of hydrogen-bond donors (Lipinski definition) is 2. The molecule has 2 heterocycles. The lowest BCUT2D eigenvalue weighted by atomic mass is 10.0. The molecule has 1 unspecified atom stereocenters. The number of carboxylic acid groups (broad SMARTS) is 1. The Morgan fingerprint density at radius 3 is 2.41 bits per heavy atom. The van der Waals surface area contributed by atoms with Crippen molar-refractivity contribution in [1.82, 2.24) is 9.55 Å². The zero-order valence-electron chi connectivity index (χ0n) is 14.9. The van der Waals surface area contributed by atoms with Crippen molar-refractivity contribution >= 4 is 22.6 Å². The van der Waals surface area contributed by atoms with Gasteiger partial charge in [0.05, 0.1) is 16.5 Å². The fourth-order valence-electron chi connectivity index (χ4n) is 3.04. The normalized spacial score (nSPS) is 17.1. The largest absolute Gasteiger partial charge is 0.478 e. The van der Waals surface area contributed by atoms with E-state index in [1.807, 2.05) is 43.3 Å². The van der Waals surface area contributed by atoms with Crippen molar-refractivity contribution < 1.29 is 9.90 Å². The van der Waals surface area contributed by atoms with E-state index in [4.69, 9.17) is 10.9 Å². The van der Waals surface area contributed by atoms with E-state index in [9.17, 15) is 9.59 Å². The number of aromatic nitrogens is 2. The molecule has 1 aromatic heterocycles. The summed E-state index contributed by atoms with van der Waals surface area (Å²) in [6.07, 6.45) is 1.41. The van der Waals surface area contributed by atoms with Gasteiger partial charge in [-0.05, 0) is 38.0 Å². The molecule has 0 fully saturated rings. The summed E-state index contributed by atoms with van der Waals surface area (Å²) in [5, 5.41) is 13.1. The third kappa shape index (κ3) is 3.72. The van der Waals surface area contributed by atoms with Crippen molar-refractivity contribution in [2.24, 2.45) is 10.9 Å². The number of nitrogens with two attached hydrogens (primary N) is 1. The molecule has 0 spiro atoms. The fraction of sp³-hybridized carbons (Fsp3) is 0.200. The Kier molecular flexibility index (Phi) is 5.30. The summed E-state index contributed by atoms with van der Waals surface area (Å²) < 4.78 is 1.58. The number of aromatic carboxylic acids is 1. The van der Waals surface area contributed by atoms with Crippen LogP contribution >= 0.6 is 0 Å². The second-order valence-electron chi connectivity index (χ2n) is 6.27. The first-order valence-electron chi connectivity index (χ1n) is 8.59. The molecule has 1 aliphatic rings. The molecule has 3 aromatic rings. The van der Waals surface area contributed by atoms with E-state index < -0.39 is 5.97 Å². The lowest BCUT2D eigenvalue weighted by Gasteiger charge is -2.25. The summed E-state index contributed by atoms with van der Waals surface area (Å²) in [6.45, 7) is 1.94. The maximum Gasteiger partial charge on any atom is 0.335 e. The van der Waals surface area contributed by atoms with Crippen molar-refractivity contribution in [3.8, 4) is 0 Å². The van der Waals surface area contributed by atoms with Crippen LogP contribution in [0.25, 0.3) is 10.9 Å². The maximum atomic E-state index is 12.6. The van der Waals surface area contributed by atoms with E-state index in [0.717, 1.165) is 6.42 Å². The highest BCUT2D eigenvalue weighted by Crippen LogP contribution is 2.23. The van der Waals surface area contributed by atoms with Crippen molar-refractivity contribution in [1.29, 1.82) is 0 Å².